The lowest BCUT2D eigenvalue weighted by atomic mass is 10.5. The highest BCUT2D eigenvalue weighted by atomic mass is 32.2. The minimum Gasteiger partial charge on any atom is -0.316 e. The van der Waals surface area contributed by atoms with Crippen molar-refractivity contribution in [3.63, 3.8) is 0 Å². The fourth-order valence-electron chi connectivity index (χ4n) is 1.26. The molecule has 1 aromatic rings. The Morgan fingerprint density at radius 2 is 2.24 bits per heavy atom. The number of aromatic nitrogens is 1. The van der Waals surface area contributed by atoms with Crippen molar-refractivity contribution in [3.05, 3.63) is 16.1 Å². The van der Waals surface area contributed by atoms with E-state index in [1.54, 1.807) is 13.1 Å². The highest BCUT2D eigenvalue weighted by Gasteiger charge is 2.19. The molecule has 1 aromatic heterocycles. The summed E-state index contributed by atoms with van der Waals surface area (Å²) in [6.45, 7) is 7.11. The maximum absolute atomic E-state index is 11.8. The van der Waals surface area contributed by atoms with Gasteiger partial charge in [-0.1, -0.05) is 6.92 Å². The van der Waals surface area contributed by atoms with Crippen LogP contribution in [0.1, 0.15) is 23.7 Å². The number of nitrogens with zero attached hydrogens (tertiary/aromatic N) is 1. The van der Waals surface area contributed by atoms with Crippen molar-refractivity contribution >= 4 is 21.4 Å². The van der Waals surface area contributed by atoms with Crippen molar-refractivity contribution in [1.82, 2.24) is 15.0 Å². The van der Waals surface area contributed by atoms with Crippen LogP contribution in [0.3, 0.4) is 0 Å². The highest BCUT2D eigenvalue weighted by Crippen LogP contribution is 2.11. The van der Waals surface area contributed by atoms with Gasteiger partial charge in [-0.25, -0.2) is 18.1 Å². The summed E-state index contributed by atoms with van der Waals surface area (Å²) in [5, 5.41) is 3.54. The summed E-state index contributed by atoms with van der Waals surface area (Å²) in [6, 6.07) is 0. The average molecular weight is 277 g/mol. The average Bonchev–Trinajstić information content (AvgIpc) is 2.69. The molecule has 98 valence electrons. The lowest BCUT2D eigenvalue weighted by Gasteiger charge is -2.13. The molecular weight excluding hydrogens is 258 g/mol. The molecule has 0 fully saturated rings. The maximum Gasteiger partial charge on any atom is 0.215 e. The van der Waals surface area contributed by atoms with Crippen molar-refractivity contribution < 1.29 is 8.42 Å². The van der Waals surface area contributed by atoms with Crippen LogP contribution in [0.5, 0.6) is 0 Å². The van der Waals surface area contributed by atoms with Gasteiger partial charge >= 0.3 is 0 Å². The third-order valence-corrected chi connectivity index (χ3v) is 5.01. The van der Waals surface area contributed by atoms with Gasteiger partial charge < -0.3 is 5.32 Å². The summed E-state index contributed by atoms with van der Waals surface area (Å²) in [6.07, 6.45) is 1.71. The summed E-state index contributed by atoms with van der Waals surface area (Å²) in [4.78, 5) is 5.02. The molecule has 7 heteroatoms. The minimum atomic E-state index is -3.26. The summed E-state index contributed by atoms with van der Waals surface area (Å²) in [7, 11) is -3.26. The predicted octanol–water partition coefficient (Wildman–Crippen LogP) is 0.869. The fourth-order valence-corrected chi connectivity index (χ4v) is 3.06. The molecule has 0 radical (unpaired) electrons. The van der Waals surface area contributed by atoms with Crippen LogP contribution in [0, 0.1) is 6.92 Å². The molecule has 1 atom stereocenters. The Balaban J connectivity index is 2.49. The van der Waals surface area contributed by atoms with Gasteiger partial charge in [0.05, 0.1) is 10.3 Å². The van der Waals surface area contributed by atoms with Gasteiger partial charge in [0.2, 0.25) is 10.0 Å². The van der Waals surface area contributed by atoms with Gasteiger partial charge in [0.25, 0.3) is 0 Å². The molecule has 0 aliphatic heterocycles. The SMILES string of the molecule is CCNCC(C)S(=O)(=O)NCc1cnc(C)s1. The van der Waals surface area contributed by atoms with Crippen LogP contribution < -0.4 is 10.0 Å². The molecule has 2 N–H and O–H groups in total. The Labute approximate surface area is 107 Å². The number of hydrogen-bond acceptors (Lipinski definition) is 5. The number of aryl methyl sites for hydroxylation is 1. The molecule has 0 saturated heterocycles. The summed E-state index contributed by atoms with van der Waals surface area (Å²) in [5.41, 5.74) is 0. The number of rotatable bonds is 7. The van der Waals surface area contributed by atoms with Crippen molar-refractivity contribution in [1.29, 1.82) is 0 Å². The molecule has 17 heavy (non-hydrogen) atoms. The second-order valence-corrected chi connectivity index (χ2v) is 7.33. The third-order valence-electron chi connectivity index (χ3n) is 2.33. The van der Waals surface area contributed by atoms with E-state index in [1.807, 2.05) is 13.8 Å². The largest absolute Gasteiger partial charge is 0.316 e. The Hall–Kier alpha value is -0.500. The molecule has 1 unspecified atom stereocenters. The Bertz CT molecular complexity index is 442. The van der Waals surface area contributed by atoms with E-state index < -0.39 is 15.3 Å². The molecule has 0 aliphatic rings. The highest BCUT2D eigenvalue weighted by molar-refractivity contribution is 7.90. The maximum atomic E-state index is 11.8. The second-order valence-electron chi connectivity index (χ2n) is 3.83. The zero-order valence-electron chi connectivity index (χ0n) is 10.4. The standard InChI is InChI=1S/C10H19N3O2S2/c1-4-11-5-8(2)17(14,15)13-7-10-6-12-9(3)16-10/h6,8,11,13H,4-5,7H2,1-3H3. The third kappa shape index (κ3) is 4.71. The first-order valence-electron chi connectivity index (χ1n) is 5.56. The van der Waals surface area contributed by atoms with Crippen LogP contribution in [0.15, 0.2) is 6.20 Å². The first-order chi connectivity index (χ1) is 7.95. The fraction of sp³-hybridized carbons (Fsp3) is 0.700. The lowest BCUT2D eigenvalue weighted by Crippen LogP contribution is -2.38. The smallest absolute Gasteiger partial charge is 0.215 e. The minimum absolute atomic E-state index is 0.324. The zero-order valence-corrected chi connectivity index (χ0v) is 12.0. The van der Waals surface area contributed by atoms with E-state index in [-0.39, 0.29) is 0 Å². The van der Waals surface area contributed by atoms with Gasteiger partial charge in [0.15, 0.2) is 0 Å². The quantitative estimate of drug-likeness (QED) is 0.776. The van der Waals surface area contributed by atoms with Crippen LogP contribution in [-0.4, -0.2) is 31.7 Å². The van der Waals surface area contributed by atoms with E-state index in [0.29, 0.717) is 13.1 Å². The summed E-state index contributed by atoms with van der Waals surface area (Å²) in [5.74, 6) is 0. The normalized spacial score (nSPS) is 13.8. The second kappa shape index (κ2) is 6.44. The number of nitrogens with one attached hydrogen (secondary N) is 2. The first kappa shape index (κ1) is 14.6. The van der Waals surface area contributed by atoms with Crippen LogP contribution in [0.2, 0.25) is 0 Å². The number of sulfonamides is 1. The van der Waals surface area contributed by atoms with Crippen molar-refractivity contribution in [3.8, 4) is 0 Å². The lowest BCUT2D eigenvalue weighted by molar-refractivity contribution is 0.560. The van der Waals surface area contributed by atoms with Gasteiger partial charge in [-0.2, -0.15) is 0 Å². The first-order valence-corrected chi connectivity index (χ1v) is 7.92. The molecule has 0 amide bonds. The van der Waals surface area contributed by atoms with Crippen LogP contribution >= 0.6 is 11.3 Å². The van der Waals surface area contributed by atoms with Crippen LogP contribution in [0.25, 0.3) is 0 Å². The molecule has 0 bridgehead atoms. The molecule has 5 nitrogen and oxygen atoms in total. The molecule has 0 aromatic carbocycles. The van der Waals surface area contributed by atoms with Gasteiger partial charge in [-0.3, -0.25) is 0 Å². The van der Waals surface area contributed by atoms with Gasteiger partial charge in [0.1, 0.15) is 0 Å². The van der Waals surface area contributed by atoms with Gasteiger partial charge in [-0.05, 0) is 20.4 Å². The van der Waals surface area contributed by atoms with Crippen LogP contribution in [-0.2, 0) is 16.6 Å². The van der Waals surface area contributed by atoms with E-state index >= 15 is 0 Å². The van der Waals surface area contributed by atoms with E-state index in [4.69, 9.17) is 0 Å². The Morgan fingerprint density at radius 3 is 2.76 bits per heavy atom. The zero-order chi connectivity index (χ0) is 12.9. The van der Waals surface area contributed by atoms with E-state index in [0.717, 1.165) is 16.4 Å². The Morgan fingerprint density at radius 1 is 1.53 bits per heavy atom. The van der Waals surface area contributed by atoms with Crippen LogP contribution in [0.4, 0.5) is 0 Å². The van der Waals surface area contributed by atoms with Gasteiger partial charge in [-0.15, -0.1) is 11.3 Å². The van der Waals surface area contributed by atoms with E-state index in [1.165, 1.54) is 11.3 Å². The molecule has 0 saturated carbocycles. The summed E-state index contributed by atoms with van der Waals surface area (Å²) >= 11 is 1.50. The van der Waals surface area contributed by atoms with Crippen molar-refractivity contribution in [2.75, 3.05) is 13.1 Å². The van der Waals surface area contributed by atoms with Crippen molar-refractivity contribution in [2.45, 2.75) is 32.6 Å². The summed E-state index contributed by atoms with van der Waals surface area (Å²) < 4.78 is 26.3. The number of hydrogen-bond donors (Lipinski definition) is 2. The molecular formula is C10H19N3O2S2. The monoisotopic (exact) mass is 277 g/mol. The van der Waals surface area contributed by atoms with Crippen molar-refractivity contribution in [2.24, 2.45) is 0 Å². The molecule has 0 spiro atoms. The molecule has 0 aliphatic carbocycles. The van der Waals surface area contributed by atoms with Gasteiger partial charge in [0, 0.05) is 24.2 Å². The molecule has 1 rings (SSSR count). The van der Waals surface area contributed by atoms with E-state index in [9.17, 15) is 8.42 Å². The molecule has 1 heterocycles. The van der Waals surface area contributed by atoms with E-state index in [2.05, 4.69) is 15.0 Å². The number of thiazole rings is 1. The topological polar surface area (TPSA) is 71.1 Å². The Kier molecular flexibility index (Phi) is 5.51. The predicted molar refractivity (Wildman–Crippen MR) is 70.6 cm³/mol.